The first-order valence-corrected chi connectivity index (χ1v) is 11.8. The maximum absolute atomic E-state index is 13.6. The Labute approximate surface area is 198 Å². The van der Waals surface area contributed by atoms with Crippen LogP contribution < -0.4 is 5.43 Å². The number of nitro groups is 1. The van der Waals surface area contributed by atoms with Crippen molar-refractivity contribution in [1.82, 2.24) is 19.7 Å². The van der Waals surface area contributed by atoms with Gasteiger partial charge in [0.25, 0.3) is 11.6 Å². The smallest absolute Gasteiger partial charge is 0.294 e. The number of piperidine rings is 1. The number of rotatable bonds is 4. The van der Waals surface area contributed by atoms with Crippen LogP contribution in [0.25, 0.3) is 15.9 Å². The van der Waals surface area contributed by atoms with Crippen molar-refractivity contribution < 1.29 is 9.72 Å². The van der Waals surface area contributed by atoms with Crippen LogP contribution in [0.1, 0.15) is 46.5 Å². The fraction of sp³-hybridized carbons (Fsp3) is 0.250. The van der Waals surface area contributed by atoms with E-state index >= 15 is 0 Å². The highest BCUT2D eigenvalue weighted by atomic mass is 32.1. The number of hydrogen-bond donors (Lipinski definition) is 0. The van der Waals surface area contributed by atoms with Crippen molar-refractivity contribution in [1.29, 1.82) is 0 Å². The molecular formula is C24H21N5O4S. The van der Waals surface area contributed by atoms with Gasteiger partial charge in [-0.3, -0.25) is 19.7 Å². The molecule has 3 heterocycles. The first kappa shape index (κ1) is 21.9. The average molecular weight is 476 g/mol. The summed E-state index contributed by atoms with van der Waals surface area (Å²) in [5, 5.41) is 16.7. The Morgan fingerprint density at radius 2 is 1.91 bits per heavy atom. The topological polar surface area (TPSA) is 111 Å². The van der Waals surface area contributed by atoms with Crippen molar-refractivity contribution in [3.8, 4) is 5.69 Å². The van der Waals surface area contributed by atoms with Crippen molar-refractivity contribution in [2.75, 3.05) is 6.54 Å². The van der Waals surface area contributed by atoms with Gasteiger partial charge >= 0.3 is 0 Å². The van der Waals surface area contributed by atoms with Crippen LogP contribution in [0.15, 0.2) is 59.4 Å². The number of hydrogen-bond acceptors (Lipinski definition) is 7. The van der Waals surface area contributed by atoms with Crippen LogP contribution in [0.3, 0.4) is 0 Å². The zero-order chi connectivity index (χ0) is 23.8. The van der Waals surface area contributed by atoms with Gasteiger partial charge < -0.3 is 4.90 Å². The quantitative estimate of drug-likeness (QED) is 0.319. The number of carbonyl (C=O) groups excluding carboxylic acids is 1. The molecule has 172 valence electrons. The second kappa shape index (κ2) is 8.79. The van der Waals surface area contributed by atoms with Crippen molar-refractivity contribution in [3.63, 3.8) is 0 Å². The Kier molecular flexibility index (Phi) is 5.66. The van der Waals surface area contributed by atoms with Crippen LogP contribution in [0, 0.1) is 17.0 Å². The third kappa shape index (κ3) is 3.86. The SMILES string of the molecule is Cc1cc(=O)c(C(=O)N2CCCCC2c2nc3ccccc3s2)nn1-c1ccccc1[N+](=O)[O-]. The predicted octanol–water partition coefficient (Wildman–Crippen LogP) is 4.43. The minimum atomic E-state index is -0.510. The maximum atomic E-state index is 13.6. The van der Waals surface area contributed by atoms with Gasteiger partial charge in [0.05, 0.1) is 21.2 Å². The molecule has 2 aromatic heterocycles. The molecule has 9 nitrogen and oxygen atoms in total. The Morgan fingerprint density at radius 3 is 2.71 bits per heavy atom. The number of para-hydroxylation sites is 3. The number of nitrogens with zero attached hydrogens (tertiary/aromatic N) is 5. The molecule has 0 aliphatic carbocycles. The fourth-order valence-corrected chi connectivity index (χ4v) is 5.45. The van der Waals surface area contributed by atoms with Gasteiger partial charge in [0.2, 0.25) is 5.43 Å². The first-order chi connectivity index (χ1) is 16.4. The molecule has 0 bridgehead atoms. The number of thiazole rings is 1. The number of nitro benzene ring substituents is 1. The molecule has 1 aliphatic heterocycles. The van der Waals surface area contributed by atoms with E-state index in [9.17, 15) is 19.7 Å². The fourth-order valence-electron chi connectivity index (χ4n) is 4.34. The number of likely N-dealkylation sites (tertiary alicyclic amines) is 1. The lowest BCUT2D eigenvalue weighted by Crippen LogP contribution is -2.41. The zero-order valence-electron chi connectivity index (χ0n) is 18.4. The predicted molar refractivity (Wildman–Crippen MR) is 128 cm³/mol. The highest BCUT2D eigenvalue weighted by Gasteiger charge is 2.33. The summed E-state index contributed by atoms with van der Waals surface area (Å²) < 4.78 is 2.34. The molecule has 4 aromatic rings. The summed E-state index contributed by atoms with van der Waals surface area (Å²) in [6, 6.07) is 15.0. The highest BCUT2D eigenvalue weighted by molar-refractivity contribution is 7.18. The van der Waals surface area contributed by atoms with Gasteiger partial charge in [-0.15, -0.1) is 11.3 Å². The molecular weight excluding hydrogens is 454 g/mol. The van der Waals surface area contributed by atoms with Crippen LogP contribution in [0.5, 0.6) is 0 Å². The van der Waals surface area contributed by atoms with Gasteiger partial charge in [0, 0.05) is 24.4 Å². The molecule has 2 aromatic carbocycles. The van der Waals surface area contributed by atoms with Crippen LogP contribution in [0.2, 0.25) is 0 Å². The molecule has 34 heavy (non-hydrogen) atoms. The Morgan fingerprint density at radius 1 is 1.15 bits per heavy atom. The Balaban J connectivity index is 1.56. The van der Waals surface area contributed by atoms with E-state index in [1.54, 1.807) is 41.4 Å². The van der Waals surface area contributed by atoms with Gasteiger partial charge in [0.1, 0.15) is 10.7 Å². The normalized spacial score (nSPS) is 16.0. The second-order valence-electron chi connectivity index (χ2n) is 8.19. The molecule has 0 radical (unpaired) electrons. The summed E-state index contributed by atoms with van der Waals surface area (Å²) in [6.07, 6.45) is 2.51. The van der Waals surface area contributed by atoms with Crippen LogP contribution in [0.4, 0.5) is 5.69 Å². The molecule has 10 heteroatoms. The molecule has 0 N–H and O–H groups in total. The van der Waals surface area contributed by atoms with E-state index in [1.165, 1.54) is 16.8 Å². The zero-order valence-corrected chi connectivity index (χ0v) is 19.2. The second-order valence-corrected chi connectivity index (χ2v) is 9.25. The minimum absolute atomic E-state index is 0.162. The van der Waals surface area contributed by atoms with Gasteiger partial charge in [0.15, 0.2) is 5.69 Å². The number of benzene rings is 2. The lowest BCUT2D eigenvalue weighted by Gasteiger charge is -2.34. The molecule has 1 amide bonds. The van der Waals surface area contributed by atoms with E-state index in [0.717, 1.165) is 34.5 Å². The largest absolute Gasteiger partial charge is 0.328 e. The van der Waals surface area contributed by atoms with Crippen molar-refractivity contribution >= 4 is 33.1 Å². The molecule has 5 rings (SSSR count). The minimum Gasteiger partial charge on any atom is -0.328 e. The van der Waals surface area contributed by atoms with Gasteiger partial charge in [-0.05, 0) is 44.4 Å². The van der Waals surface area contributed by atoms with Gasteiger partial charge in [-0.25, -0.2) is 9.67 Å². The number of fused-ring (bicyclic) bond motifs is 1. The third-order valence-corrected chi connectivity index (χ3v) is 7.11. The van der Waals surface area contributed by atoms with Crippen LogP contribution in [-0.2, 0) is 0 Å². The van der Waals surface area contributed by atoms with E-state index in [1.807, 2.05) is 24.3 Å². The lowest BCUT2D eigenvalue weighted by molar-refractivity contribution is -0.384. The van der Waals surface area contributed by atoms with Crippen molar-refractivity contribution in [2.24, 2.45) is 0 Å². The number of amides is 1. The Bertz CT molecular complexity index is 1440. The summed E-state index contributed by atoms with van der Waals surface area (Å²) in [5.41, 5.74) is 0.554. The van der Waals surface area contributed by atoms with Crippen molar-refractivity contribution in [2.45, 2.75) is 32.2 Å². The summed E-state index contributed by atoms with van der Waals surface area (Å²) in [5.74, 6) is -0.485. The number of aromatic nitrogens is 3. The Hall–Kier alpha value is -3.92. The summed E-state index contributed by atoms with van der Waals surface area (Å²) in [7, 11) is 0. The molecule has 1 atom stereocenters. The van der Waals surface area contributed by atoms with Gasteiger partial charge in [-0.1, -0.05) is 24.3 Å². The average Bonchev–Trinajstić information content (AvgIpc) is 3.28. The van der Waals surface area contributed by atoms with Crippen LogP contribution in [-0.4, -0.2) is 37.0 Å². The molecule has 0 spiro atoms. The first-order valence-electron chi connectivity index (χ1n) is 11.0. The maximum Gasteiger partial charge on any atom is 0.294 e. The summed E-state index contributed by atoms with van der Waals surface area (Å²) >= 11 is 1.55. The van der Waals surface area contributed by atoms with Crippen molar-refractivity contribution in [3.05, 3.63) is 91.3 Å². The van der Waals surface area contributed by atoms with Gasteiger partial charge in [-0.2, -0.15) is 5.10 Å². The molecule has 1 saturated heterocycles. The lowest BCUT2D eigenvalue weighted by atomic mass is 10.0. The van der Waals surface area contributed by atoms with E-state index in [2.05, 4.69) is 5.10 Å². The molecule has 0 saturated carbocycles. The summed E-state index contributed by atoms with van der Waals surface area (Å²) in [6.45, 7) is 2.12. The monoisotopic (exact) mass is 475 g/mol. The molecule has 1 unspecified atom stereocenters. The van der Waals surface area contributed by atoms with Crippen LogP contribution >= 0.6 is 11.3 Å². The number of carbonyl (C=O) groups is 1. The van der Waals surface area contributed by atoms with E-state index in [0.29, 0.717) is 12.2 Å². The summed E-state index contributed by atoms with van der Waals surface area (Å²) in [4.78, 5) is 43.9. The number of aryl methyl sites for hydroxylation is 1. The third-order valence-electron chi connectivity index (χ3n) is 5.98. The standard InChI is InChI=1S/C24H21N5O4S/c1-15-14-20(30)22(26-28(15)17-9-3-4-10-18(17)29(32)33)24(31)27-13-7-6-11-19(27)23-25-16-8-2-5-12-21(16)34-23/h2-5,8-10,12,14,19H,6-7,11,13H2,1H3. The molecule has 1 aliphatic rings. The highest BCUT2D eigenvalue weighted by Crippen LogP contribution is 2.36. The van der Waals surface area contributed by atoms with E-state index < -0.39 is 16.3 Å². The molecule has 1 fully saturated rings. The van der Waals surface area contributed by atoms with E-state index in [4.69, 9.17) is 4.98 Å². The van der Waals surface area contributed by atoms with E-state index in [-0.39, 0.29) is 23.1 Å².